The lowest BCUT2D eigenvalue weighted by molar-refractivity contribution is 0.482. The van der Waals surface area contributed by atoms with Crippen LogP contribution in [0, 0.1) is 11.3 Å². The SMILES string of the molecule is N#CCCCc1ccc2ccc3c(O)ccc4ccc1c2c43. The molecule has 0 atom stereocenters. The molecule has 0 spiro atoms. The van der Waals surface area contributed by atoms with Gasteiger partial charge in [0, 0.05) is 17.2 Å². The predicted molar refractivity (Wildman–Crippen MR) is 90.4 cm³/mol. The summed E-state index contributed by atoms with van der Waals surface area (Å²) in [6.07, 6.45) is 2.38. The minimum absolute atomic E-state index is 0.330. The average molecular weight is 285 g/mol. The number of hydrogen-bond acceptors (Lipinski definition) is 2. The summed E-state index contributed by atoms with van der Waals surface area (Å²) in [6, 6.07) is 18.6. The second kappa shape index (κ2) is 4.89. The van der Waals surface area contributed by atoms with Crippen molar-refractivity contribution in [1.82, 2.24) is 0 Å². The Kier molecular flexibility index (Phi) is 2.87. The zero-order chi connectivity index (χ0) is 15.1. The Morgan fingerprint density at radius 1 is 0.818 bits per heavy atom. The molecule has 0 amide bonds. The van der Waals surface area contributed by atoms with Crippen molar-refractivity contribution in [2.45, 2.75) is 19.3 Å². The monoisotopic (exact) mass is 285 g/mol. The van der Waals surface area contributed by atoms with Crippen molar-refractivity contribution in [3.8, 4) is 11.8 Å². The van der Waals surface area contributed by atoms with E-state index in [-0.39, 0.29) is 0 Å². The largest absolute Gasteiger partial charge is 0.507 e. The van der Waals surface area contributed by atoms with E-state index in [1.807, 2.05) is 12.1 Å². The molecule has 0 heterocycles. The van der Waals surface area contributed by atoms with E-state index in [1.54, 1.807) is 6.07 Å². The van der Waals surface area contributed by atoms with Gasteiger partial charge in [0.05, 0.1) is 6.07 Å². The highest BCUT2D eigenvalue weighted by Crippen LogP contribution is 2.39. The van der Waals surface area contributed by atoms with Gasteiger partial charge in [0.2, 0.25) is 0 Å². The van der Waals surface area contributed by atoms with Gasteiger partial charge in [-0.05, 0) is 46.0 Å². The molecule has 0 radical (unpaired) electrons. The fourth-order valence-electron chi connectivity index (χ4n) is 3.42. The first-order valence-corrected chi connectivity index (χ1v) is 7.55. The van der Waals surface area contributed by atoms with Crippen LogP contribution in [-0.4, -0.2) is 5.11 Å². The summed E-state index contributed by atoms with van der Waals surface area (Å²) in [7, 11) is 0. The number of nitriles is 1. The van der Waals surface area contributed by atoms with Crippen molar-refractivity contribution in [2.75, 3.05) is 0 Å². The first-order chi connectivity index (χ1) is 10.8. The Morgan fingerprint density at radius 3 is 2.23 bits per heavy atom. The Morgan fingerprint density at radius 2 is 1.45 bits per heavy atom. The van der Waals surface area contributed by atoms with E-state index in [0.29, 0.717) is 12.2 Å². The molecular formula is C20H15NO. The number of aryl methyl sites for hydroxylation is 1. The summed E-state index contributed by atoms with van der Waals surface area (Å²) in [4.78, 5) is 0. The van der Waals surface area contributed by atoms with Gasteiger partial charge in [0.15, 0.2) is 0 Å². The lowest BCUT2D eigenvalue weighted by Crippen LogP contribution is -1.91. The van der Waals surface area contributed by atoms with Crippen LogP contribution in [0.15, 0.2) is 48.5 Å². The lowest BCUT2D eigenvalue weighted by atomic mass is 9.90. The lowest BCUT2D eigenvalue weighted by Gasteiger charge is -2.14. The smallest absolute Gasteiger partial charge is 0.123 e. The van der Waals surface area contributed by atoms with Crippen LogP contribution < -0.4 is 0 Å². The molecule has 0 aromatic heterocycles. The van der Waals surface area contributed by atoms with E-state index in [0.717, 1.165) is 29.0 Å². The van der Waals surface area contributed by atoms with Gasteiger partial charge in [-0.2, -0.15) is 5.26 Å². The Hall–Kier alpha value is -2.79. The molecule has 2 heteroatoms. The van der Waals surface area contributed by atoms with Crippen LogP contribution in [0.2, 0.25) is 0 Å². The number of unbranched alkanes of at least 4 members (excludes halogenated alkanes) is 1. The number of phenolic OH excluding ortho intramolecular Hbond substituents is 1. The summed E-state index contributed by atoms with van der Waals surface area (Å²) in [5.41, 5.74) is 1.28. The molecule has 22 heavy (non-hydrogen) atoms. The third-order valence-electron chi connectivity index (χ3n) is 4.47. The molecule has 0 fully saturated rings. The molecule has 4 rings (SSSR count). The van der Waals surface area contributed by atoms with Crippen LogP contribution in [0.25, 0.3) is 32.3 Å². The standard InChI is InChI=1S/C20H15NO/c21-12-2-1-3-13-4-5-14-7-10-17-18(22)11-8-15-6-9-16(13)19(14)20(15)17/h4-11,22H,1-3H2. The number of phenols is 1. The Labute approximate surface area is 128 Å². The molecule has 0 saturated carbocycles. The van der Waals surface area contributed by atoms with E-state index in [9.17, 15) is 5.11 Å². The van der Waals surface area contributed by atoms with Crippen LogP contribution in [0.3, 0.4) is 0 Å². The topological polar surface area (TPSA) is 44.0 Å². The molecule has 2 nitrogen and oxygen atoms in total. The zero-order valence-corrected chi connectivity index (χ0v) is 12.1. The van der Waals surface area contributed by atoms with Crippen LogP contribution in [-0.2, 0) is 6.42 Å². The summed E-state index contributed by atoms with van der Waals surface area (Å²) in [5, 5.41) is 25.7. The molecule has 4 aromatic carbocycles. The van der Waals surface area contributed by atoms with E-state index in [4.69, 9.17) is 5.26 Å². The molecule has 0 unspecified atom stereocenters. The normalized spacial score (nSPS) is 11.4. The predicted octanol–water partition coefficient (Wildman–Crippen LogP) is 5.14. The molecule has 4 aromatic rings. The van der Waals surface area contributed by atoms with Crippen molar-refractivity contribution >= 4 is 32.3 Å². The number of hydrogen-bond donors (Lipinski definition) is 1. The van der Waals surface area contributed by atoms with Crippen molar-refractivity contribution in [1.29, 1.82) is 5.26 Å². The van der Waals surface area contributed by atoms with Crippen LogP contribution in [0.4, 0.5) is 0 Å². The number of aromatic hydroxyl groups is 1. The molecule has 0 aliphatic carbocycles. The van der Waals surface area contributed by atoms with Crippen molar-refractivity contribution in [3.63, 3.8) is 0 Å². The van der Waals surface area contributed by atoms with Crippen molar-refractivity contribution in [2.24, 2.45) is 0 Å². The fraction of sp³-hybridized carbons (Fsp3) is 0.150. The van der Waals surface area contributed by atoms with Gasteiger partial charge < -0.3 is 5.11 Å². The second-order valence-electron chi connectivity index (χ2n) is 5.74. The Bertz CT molecular complexity index is 1030. The maximum Gasteiger partial charge on any atom is 0.123 e. The highest BCUT2D eigenvalue weighted by atomic mass is 16.3. The summed E-state index contributed by atoms with van der Waals surface area (Å²) in [6.45, 7) is 0. The maximum absolute atomic E-state index is 10.2. The van der Waals surface area contributed by atoms with Gasteiger partial charge in [-0.3, -0.25) is 0 Å². The van der Waals surface area contributed by atoms with E-state index in [1.165, 1.54) is 21.7 Å². The van der Waals surface area contributed by atoms with E-state index >= 15 is 0 Å². The molecular weight excluding hydrogens is 270 g/mol. The maximum atomic E-state index is 10.2. The van der Waals surface area contributed by atoms with Gasteiger partial charge in [0.1, 0.15) is 5.75 Å². The second-order valence-corrected chi connectivity index (χ2v) is 5.74. The molecule has 0 aliphatic heterocycles. The van der Waals surface area contributed by atoms with Crippen LogP contribution >= 0.6 is 0 Å². The number of benzene rings is 4. The minimum Gasteiger partial charge on any atom is -0.507 e. The van der Waals surface area contributed by atoms with Crippen molar-refractivity contribution in [3.05, 3.63) is 54.1 Å². The minimum atomic E-state index is 0.330. The summed E-state index contributed by atoms with van der Waals surface area (Å²) < 4.78 is 0. The molecule has 0 saturated heterocycles. The van der Waals surface area contributed by atoms with E-state index < -0.39 is 0 Å². The summed E-state index contributed by atoms with van der Waals surface area (Å²) in [5.74, 6) is 0.330. The van der Waals surface area contributed by atoms with E-state index in [2.05, 4.69) is 36.4 Å². The van der Waals surface area contributed by atoms with Gasteiger partial charge in [-0.15, -0.1) is 0 Å². The van der Waals surface area contributed by atoms with Gasteiger partial charge in [-0.1, -0.05) is 42.5 Å². The van der Waals surface area contributed by atoms with Gasteiger partial charge >= 0.3 is 0 Å². The fourth-order valence-corrected chi connectivity index (χ4v) is 3.42. The zero-order valence-electron chi connectivity index (χ0n) is 12.1. The van der Waals surface area contributed by atoms with Gasteiger partial charge in [0.25, 0.3) is 0 Å². The highest BCUT2D eigenvalue weighted by molar-refractivity contribution is 6.24. The van der Waals surface area contributed by atoms with Crippen LogP contribution in [0.1, 0.15) is 18.4 Å². The Balaban J connectivity index is 2.06. The molecule has 0 bridgehead atoms. The average Bonchev–Trinajstić information content (AvgIpc) is 2.55. The summed E-state index contributed by atoms with van der Waals surface area (Å²) >= 11 is 0. The van der Waals surface area contributed by atoms with Crippen LogP contribution in [0.5, 0.6) is 5.75 Å². The quantitative estimate of drug-likeness (QED) is 0.418. The number of rotatable bonds is 3. The number of nitrogens with zero attached hydrogens (tertiary/aromatic N) is 1. The first kappa shape index (κ1) is 12.9. The highest BCUT2D eigenvalue weighted by Gasteiger charge is 2.12. The van der Waals surface area contributed by atoms with Gasteiger partial charge in [-0.25, -0.2) is 0 Å². The molecule has 106 valence electrons. The van der Waals surface area contributed by atoms with Crippen molar-refractivity contribution < 1.29 is 5.11 Å². The first-order valence-electron chi connectivity index (χ1n) is 7.55. The molecule has 0 aliphatic rings. The molecule has 1 N–H and O–H groups in total. The third kappa shape index (κ3) is 1.79. The third-order valence-corrected chi connectivity index (χ3v) is 4.47.